The predicted molar refractivity (Wildman–Crippen MR) is 88.3 cm³/mol. The summed E-state index contributed by atoms with van der Waals surface area (Å²) in [5.74, 6) is 1.00. The first-order chi connectivity index (χ1) is 11.1. The highest BCUT2D eigenvalue weighted by Crippen LogP contribution is 2.33. The van der Waals surface area contributed by atoms with Gasteiger partial charge in [0.1, 0.15) is 10.8 Å². The van der Waals surface area contributed by atoms with Crippen LogP contribution in [0.3, 0.4) is 0 Å². The number of rotatable bonds is 4. The van der Waals surface area contributed by atoms with E-state index in [0.717, 1.165) is 0 Å². The summed E-state index contributed by atoms with van der Waals surface area (Å²) in [7, 11) is 1.50. The largest absolute Gasteiger partial charge is 0.496 e. The van der Waals surface area contributed by atoms with Gasteiger partial charge in [0.05, 0.1) is 18.2 Å². The van der Waals surface area contributed by atoms with E-state index < -0.39 is 0 Å². The van der Waals surface area contributed by atoms with Crippen LogP contribution in [0.5, 0.6) is 5.75 Å². The topological polar surface area (TPSA) is 77.2 Å². The Balaban J connectivity index is 1.90. The molecule has 2 heterocycles. The Hall–Kier alpha value is -2.38. The molecule has 0 saturated carbocycles. The summed E-state index contributed by atoms with van der Waals surface area (Å²) in [5, 5.41) is 9.49. The second-order valence-electron chi connectivity index (χ2n) is 4.61. The summed E-state index contributed by atoms with van der Waals surface area (Å²) in [5.41, 5.74) is 1.02. The van der Waals surface area contributed by atoms with Crippen LogP contribution in [0, 0.1) is 6.92 Å². The molecule has 118 valence electrons. The number of ether oxygens (including phenoxy) is 1. The van der Waals surface area contributed by atoms with Crippen LogP contribution in [0.25, 0.3) is 11.5 Å². The monoisotopic (exact) mass is 349 g/mol. The Kier molecular flexibility index (Phi) is 4.31. The number of halogens is 1. The molecule has 0 radical (unpaired) electrons. The molecule has 1 aromatic carbocycles. The third-order valence-electron chi connectivity index (χ3n) is 3.06. The predicted octanol–water partition coefficient (Wildman–Crippen LogP) is 4.02. The van der Waals surface area contributed by atoms with Crippen molar-refractivity contribution < 1.29 is 14.1 Å². The summed E-state index contributed by atoms with van der Waals surface area (Å²) in [4.78, 5) is 16.7. The van der Waals surface area contributed by atoms with Crippen LogP contribution in [-0.2, 0) is 0 Å². The highest BCUT2D eigenvalue weighted by molar-refractivity contribution is 7.15. The minimum atomic E-state index is -0.329. The molecule has 0 aliphatic rings. The quantitative estimate of drug-likeness (QED) is 0.769. The van der Waals surface area contributed by atoms with E-state index in [1.807, 2.05) is 11.4 Å². The Morgan fingerprint density at radius 1 is 1.39 bits per heavy atom. The summed E-state index contributed by atoms with van der Waals surface area (Å²) >= 11 is 7.32. The van der Waals surface area contributed by atoms with Gasteiger partial charge in [-0.1, -0.05) is 16.8 Å². The van der Waals surface area contributed by atoms with Crippen molar-refractivity contribution in [2.24, 2.45) is 0 Å². The Bertz CT molecular complexity index is 859. The third-order valence-corrected chi connectivity index (χ3v) is 4.12. The minimum absolute atomic E-state index is 0.329. The molecule has 0 aliphatic carbocycles. The number of thiophene rings is 1. The second-order valence-corrected chi connectivity index (χ2v) is 5.96. The number of nitrogens with one attached hydrogen (secondary N) is 1. The lowest BCUT2D eigenvalue weighted by atomic mass is 10.2. The first kappa shape index (κ1) is 15.5. The zero-order valence-corrected chi connectivity index (χ0v) is 13.9. The van der Waals surface area contributed by atoms with E-state index in [9.17, 15) is 4.79 Å². The fourth-order valence-electron chi connectivity index (χ4n) is 2.01. The van der Waals surface area contributed by atoms with Gasteiger partial charge in [-0.05, 0) is 36.6 Å². The van der Waals surface area contributed by atoms with Crippen LogP contribution in [0.1, 0.15) is 16.2 Å². The molecule has 0 fully saturated rings. The number of carbonyl (C=O) groups is 1. The van der Waals surface area contributed by atoms with Gasteiger partial charge >= 0.3 is 0 Å². The molecular formula is C15H12ClN3O3S. The molecule has 0 atom stereocenters. The Labute approximate surface area is 141 Å². The van der Waals surface area contributed by atoms with Gasteiger partial charge < -0.3 is 14.6 Å². The Morgan fingerprint density at radius 2 is 2.22 bits per heavy atom. The molecule has 0 aliphatic heterocycles. The number of carbonyl (C=O) groups excluding carboxylic acids is 1. The summed E-state index contributed by atoms with van der Waals surface area (Å²) in [6, 6.07) is 6.67. The van der Waals surface area contributed by atoms with Gasteiger partial charge in [-0.25, -0.2) is 0 Å². The molecule has 3 rings (SSSR count). The van der Waals surface area contributed by atoms with Crippen LogP contribution in [-0.4, -0.2) is 23.2 Å². The van der Waals surface area contributed by atoms with Crippen molar-refractivity contribution in [2.45, 2.75) is 6.92 Å². The normalized spacial score (nSPS) is 10.6. The molecular weight excluding hydrogens is 338 g/mol. The Morgan fingerprint density at radius 3 is 2.91 bits per heavy atom. The standard InChI is InChI=1S/C15H12ClN3O3S/c1-8-17-14(22-19-8)10-5-6-23-15(10)18-13(20)11-7-9(16)3-4-12(11)21-2/h3-7H,1-2H3,(H,18,20). The number of hydrogen-bond acceptors (Lipinski definition) is 6. The highest BCUT2D eigenvalue weighted by Gasteiger charge is 2.18. The zero-order valence-electron chi connectivity index (χ0n) is 12.3. The molecule has 0 unspecified atom stereocenters. The summed E-state index contributed by atoms with van der Waals surface area (Å²) in [6.07, 6.45) is 0. The van der Waals surface area contributed by atoms with Crippen molar-refractivity contribution in [1.82, 2.24) is 10.1 Å². The SMILES string of the molecule is COc1ccc(Cl)cc1C(=O)Nc1sccc1-c1nc(C)no1. The minimum Gasteiger partial charge on any atom is -0.496 e. The van der Waals surface area contributed by atoms with Crippen molar-refractivity contribution >= 4 is 33.8 Å². The van der Waals surface area contributed by atoms with Crippen molar-refractivity contribution in [2.75, 3.05) is 12.4 Å². The van der Waals surface area contributed by atoms with E-state index in [-0.39, 0.29) is 5.91 Å². The average molecular weight is 350 g/mol. The van der Waals surface area contributed by atoms with Crippen LogP contribution in [0.2, 0.25) is 5.02 Å². The maximum absolute atomic E-state index is 12.5. The molecule has 23 heavy (non-hydrogen) atoms. The van der Waals surface area contributed by atoms with Gasteiger partial charge in [0.15, 0.2) is 5.82 Å². The third kappa shape index (κ3) is 3.20. The first-order valence-electron chi connectivity index (χ1n) is 6.61. The van der Waals surface area contributed by atoms with Crippen LogP contribution < -0.4 is 10.1 Å². The maximum atomic E-state index is 12.5. The highest BCUT2D eigenvalue weighted by atomic mass is 35.5. The number of anilines is 1. The van der Waals surface area contributed by atoms with Crippen LogP contribution in [0.15, 0.2) is 34.2 Å². The first-order valence-corrected chi connectivity index (χ1v) is 7.87. The van der Waals surface area contributed by atoms with Gasteiger partial charge in [-0.15, -0.1) is 11.3 Å². The van der Waals surface area contributed by atoms with Gasteiger partial charge in [0, 0.05) is 5.02 Å². The van der Waals surface area contributed by atoms with E-state index in [1.54, 1.807) is 25.1 Å². The molecule has 0 spiro atoms. The smallest absolute Gasteiger partial charge is 0.260 e. The van der Waals surface area contributed by atoms with Crippen molar-refractivity contribution in [1.29, 1.82) is 0 Å². The number of hydrogen-bond donors (Lipinski definition) is 1. The van der Waals surface area contributed by atoms with Crippen LogP contribution in [0.4, 0.5) is 5.00 Å². The van der Waals surface area contributed by atoms with Gasteiger partial charge in [-0.2, -0.15) is 4.98 Å². The van der Waals surface area contributed by atoms with Gasteiger partial charge in [0.2, 0.25) is 0 Å². The molecule has 1 N–H and O–H groups in total. The molecule has 2 aromatic heterocycles. The molecule has 8 heteroatoms. The van der Waals surface area contributed by atoms with Crippen molar-refractivity contribution in [3.63, 3.8) is 0 Å². The fraction of sp³-hybridized carbons (Fsp3) is 0.133. The second kappa shape index (κ2) is 6.39. The van der Waals surface area contributed by atoms with Crippen molar-refractivity contribution in [3.8, 4) is 17.2 Å². The van der Waals surface area contributed by atoms with E-state index in [1.165, 1.54) is 18.4 Å². The molecule has 1 amide bonds. The molecule has 0 saturated heterocycles. The van der Waals surface area contributed by atoms with Gasteiger partial charge in [-0.3, -0.25) is 4.79 Å². The van der Waals surface area contributed by atoms with Gasteiger partial charge in [0.25, 0.3) is 11.8 Å². The van der Waals surface area contributed by atoms with E-state index in [4.69, 9.17) is 20.9 Å². The number of nitrogens with zero attached hydrogens (tertiary/aromatic N) is 2. The zero-order chi connectivity index (χ0) is 16.4. The van der Waals surface area contributed by atoms with Crippen molar-refractivity contribution in [3.05, 3.63) is 46.1 Å². The van der Waals surface area contributed by atoms with Crippen LogP contribution >= 0.6 is 22.9 Å². The summed E-state index contributed by atoms with van der Waals surface area (Å²) in [6.45, 7) is 1.73. The molecule has 3 aromatic rings. The number of aryl methyl sites for hydroxylation is 1. The number of methoxy groups -OCH3 is 1. The lowest BCUT2D eigenvalue weighted by molar-refractivity contribution is 0.102. The number of aromatic nitrogens is 2. The maximum Gasteiger partial charge on any atom is 0.260 e. The number of benzene rings is 1. The molecule has 6 nitrogen and oxygen atoms in total. The van der Waals surface area contributed by atoms with E-state index >= 15 is 0 Å². The summed E-state index contributed by atoms with van der Waals surface area (Å²) < 4.78 is 10.4. The van der Waals surface area contributed by atoms with E-state index in [2.05, 4.69) is 15.5 Å². The van der Waals surface area contributed by atoms with E-state index in [0.29, 0.717) is 38.6 Å². The number of amides is 1. The lowest BCUT2D eigenvalue weighted by Crippen LogP contribution is -2.13. The molecule has 0 bridgehead atoms. The average Bonchev–Trinajstić information content (AvgIpc) is 3.15. The lowest BCUT2D eigenvalue weighted by Gasteiger charge is -2.09. The fourth-order valence-corrected chi connectivity index (χ4v) is 2.96.